The van der Waals surface area contributed by atoms with E-state index in [1.54, 1.807) is 0 Å². The SMILES string of the molecule is O=C(N1CCC(O)(CN2C=CC(c3ccccc3)=NC2)CC1)N1CCOC[C@H]1c1ccccc1. The summed E-state index contributed by atoms with van der Waals surface area (Å²) in [4.78, 5) is 23.9. The van der Waals surface area contributed by atoms with Gasteiger partial charge in [0, 0.05) is 32.4 Å². The Kier molecular flexibility index (Phi) is 6.65. The number of hydrogen-bond acceptors (Lipinski definition) is 5. The van der Waals surface area contributed by atoms with E-state index in [1.807, 2.05) is 70.6 Å². The molecular weight excluding hydrogens is 428 g/mol. The third-order valence-electron chi connectivity index (χ3n) is 6.96. The maximum atomic E-state index is 13.4. The lowest BCUT2D eigenvalue weighted by Crippen LogP contribution is -2.56. The number of rotatable bonds is 4. The van der Waals surface area contributed by atoms with Gasteiger partial charge in [-0.2, -0.15) is 0 Å². The molecule has 34 heavy (non-hydrogen) atoms. The monoisotopic (exact) mass is 460 g/mol. The van der Waals surface area contributed by atoms with Crippen LogP contribution in [0.15, 0.2) is 77.9 Å². The van der Waals surface area contributed by atoms with E-state index in [4.69, 9.17) is 4.74 Å². The number of hydrogen-bond donors (Lipinski definition) is 1. The molecule has 0 aromatic heterocycles. The minimum Gasteiger partial charge on any atom is -0.388 e. The smallest absolute Gasteiger partial charge is 0.320 e. The third-order valence-corrected chi connectivity index (χ3v) is 6.96. The zero-order valence-electron chi connectivity index (χ0n) is 19.4. The van der Waals surface area contributed by atoms with Crippen molar-refractivity contribution in [1.82, 2.24) is 14.7 Å². The average Bonchev–Trinajstić information content (AvgIpc) is 2.90. The van der Waals surface area contributed by atoms with E-state index in [9.17, 15) is 9.90 Å². The molecular formula is C27H32N4O3. The number of carbonyl (C=O) groups excluding carboxylic acids is 1. The maximum Gasteiger partial charge on any atom is 0.320 e. The first-order valence-corrected chi connectivity index (χ1v) is 12.0. The highest BCUT2D eigenvalue weighted by Gasteiger charge is 2.38. The van der Waals surface area contributed by atoms with Gasteiger partial charge in [0.05, 0.1) is 30.6 Å². The first kappa shape index (κ1) is 22.6. The van der Waals surface area contributed by atoms with E-state index in [2.05, 4.69) is 22.0 Å². The van der Waals surface area contributed by atoms with Crippen LogP contribution in [0.4, 0.5) is 4.79 Å². The Labute approximate surface area is 200 Å². The highest BCUT2D eigenvalue weighted by molar-refractivity contribution is 6.08. The van der Waals surface area contributed by atoms with Crippen molar-refractivity contribution < 1.29 is 14.6 Å². The van der Waals surface area contributed by atoms with Crippen molar-refractivity contribution in [3.63, 3.8) is 0 Å². The fourth-order valence-electron chi connectivity index (χ4n) is 4.96. The Morgan fingerprint density at radius 2 is 1.74 bits per heavy atom. The summed E-state index contributed by atoms with van der Waals surface area (Å²) in [5.41, 5.74) is 2.32. The fraction of sp³-hybridized carbons (Fsp3) is 0.407. The van der Waals surface area contributed by atoms with Gasteiger partial charge < -0.3 is 24.5 Å². The number of carbonyl (C=O) groups is 1. The van der Waals surface area contributed by atoms with Gasteiger partial charge in [-0.05, 0) is 30.0 Å². The standard InChI is InChI=1S/C27H32N4O3/c32-26(31-17-18-34-19-25(31)23-9-5-2-6-10-23)30-15-12-27(33,13-16-30)20-29-14-11-24(28-21-29)22-7-3-1-4-8-22/h1-11,14,25,33H,12-13,15-21H2/t25-/m0/s1. The second-order valence-corrected chi connectivity index (χ2v) is 9.30. The molecule has 0 spiro atoms. The predicted molar refractivity (Wildman–Crippen MR) is 132 cm³/mol. The molecule has 3 aliphatic rings. The van der Waals surface area contributed by atoms with Crippen LogP contribution in [0.2, 0.25) is 0 Å². The molecule has 7 heteroatoms. The van der Waals surface area contributed by atoms with Crippen LogP contribution in [0.5, 0.6) is 0 Å². The predicted octanol–water partition coefficient (Wildman–Crippen LogP) is 3.28. The number of urea groups is 1. The summed E-state index contributed by atoms with van der Waals surface area (Å²) in [6.07, 6.45) is 5.13. The fourth-order valence-corrected chi connectivity index (χ4v) is 4.96. The van der Waals surface area contributed by atoms with Gasteiger partial charge in [-0.25, -0.2) is 4.79 Å². The lowest BCUT2D eigenvalue weighted by molar-refractivity contribution is -0.0396. The topological polar surface area (TPSA) is 68.6 Å². The number of β-amino-alcohol motifs (C(OH)–C–C–N with tert-alkyl or cyclic N) is 1. The third kappa shape index (κ3) is 5.00. The maximum absolute atomic E-state index is 13.4. The number of piperidine rings is 1. The largest absolute Gasteiger partial charge is 0.388 e. The van der Waals surface area contributed by atoms with Crippen LogP contribution in [0, 0.1) is 0 Å². The minimum absolute atomic E-state index is 0.0363. The first-order chi connectivity index (χ1) is 16.6. The van der Waals surface area contributed by atoms with E-state index in [1.165, 1.54) is 0 Å². The van der Waals surface area contributed by atoms with Crippen LogP contribution in [-0.4, -0.2) is 83.2 Å². The first-order valence-electron chi connectivity index (χ1n) is 12.0. The highest BCUT2D eigenvalue weighted by Crippen LogP contribution is 2.29. The summed E-state index contributed by atoms with van der Waals surface area (Å²) in [5, 5.41) is 11.3. The number of morpholine rings is 1. The van der Waals surface area contributed by atoms with Crippen molar-refractivity contribution in [2.75, 3.05) is 46.1 Å². The van der Waals surface area contributed by atoms with Gasteiger partial charge in [-0.3, -0.25) is 4.99 Å². The summed E-state index contributed by atoms with van der Waals surface area (Å²) in [6.45, 7) is 3.79. The molecule has 0 bridgehead atoms. The Hall–Kier alpha value is -3.16. The van der Waals surface area contributed by atoms with Gasteiger partial charge >= 0.3 is 6.03 Å². The number of ether oxygens (including phenoxy) is 1. The van der Waals surface area contributed by atoms with Crippen molar-refractivity contribution in [3.05, 3.63) is 84.1 Å². The summed E-state index contributed by atoms with van der Waals surface area (Å²) in [7, 11) is 0. The van der Waals surface area contributed by atoms with Crippen LogP contribution >= 0.6 is 0 Å². The molecule has 2 fully saturated rings. The highest BCUT2D eigenvalue weighted by atomic mass is 16.5. The van der Waals surface area contributed by atoms with Crippen LogP contribution in [-0.2, 0) is 4.74 Å². The van der Waals surface area contributed by atoms with Gasteiger partial charge in [-0.15, -0.1) is 0 Å². The number of aliphatic imine (C=N–C) groups is 1. The van der Waals surface area contributed by atoms with Crippen LogP contribution in [0.25, 0.3) is 0 Å². The van der Waals surface area contributed by atoms with Gasteiger partial charge in [0.1, 0.15) is 6.67 Å². The summed E-state index contributed by atoms with van der Waals surface area (Å²) >= 11 is 0. The van der Waals surface area contributed by atoms with Crippen molar-refractivity contribution in [2.45, 2.75) is 24.5 Å². The second kappa shape index (κ2) is 9.99. The molecule has 0 saturated carbocycles. The molecule has 178 valence electrons. The van der Waals surface area contributed by atoms with Crippen LogP contribution < -0.4 is 0 Å². The van der Waals surface area contributed by atoms with Crippen LogP contribution in [0.3, 0.4) is 0 Å². The number of aliphatic hydroxyl groups is 1. The van der Waals surface area contributed by atoms with E-state index < -0.39 is 5.60 Å². The van der Waals surface area contributed by atoms with Crippen molar-refractivity contribution in [2.24, 2.45) is 4.99 Å². The van der Waals surface area contributed by atoms with Crippen molar-refractivity contribution in [1.29, 1.82) is 0 Å². The van der Waals surface area contributed by atoms with Gasteiger partial charge in [0.15, 0.2) is 0 Å². The Morgan fingerprint density at radius 1 is 1.03 bits per heavy atom. The normalized spacial score (nSPS) is 22.4. The van der Waals surface area contributed by atoms with Gasteiger partial charge in [-0.1, -0.05) is 60.7 Å². The van der Waals surface area contributed by atoms with Crippen LogP contribution in [0.1, 0.15) is 30.0 Å². The lowest BCUT2D eigenvalue weighted by Gasteiger charge is -2.44. The van der Waals surface area contributed by atoms with Crippen molar-refractivity contribution >= 4 is 11.7 Å². The van der Waals surface area contributed by atoms with Gasteiger partial charge in [0.2, 0.25) is 0 Å². The molecule has 1 atom stereocenters. The molecule has 2 saturated heterocycles. The van der Waals surface area contributed by atoms with E-state index in [-0.39, 0.29) is 12.1 Å². The Bertz CT molecular complexity index is 1030. The quantitative estimate of drug-likeness (QED) is 0.760. The zero-order valence-corrected chi connectivity index (χ0v) is 19.4. The molecule has 0 aliphatic carbocycles. The van der Waals surface area contributed by atoms with E-state index in [0.29, 0.717) is 58.9 Å². The number of likely N-dealkylation sites (tertiary alicyclic amines) is 1. The number of benzene rings is 2. The molecule has 3 heterocycles. The number of nitrogens with zero attached hydrogens (tertiary/aromatic N) is 4. The molecule has 5 rings (SSSR count). The summed E-state index contributed by atoms with van der Waals surface area (Å²) in [5.74, 6) is 0. The minimum atomic E-state index is -0.829. The number of allylic oxidation sites excluding steroid dienone is 1. The van der Waals surface area contributed by atoms with E-state index >= 15 is 0 Å². The van der Waals surface area contributed by atoms with Crippen molar-refractivity contribution in [3.8, 4) is 0 Å². The molecule has 1 N–H and O–H groups in total. The zero-order chi connectivity index (χ0) is 23.4. The molecule has 0 unspecified atom stereocenters. The Balaban J connectivity index is 1.16. The molecule has 0 radical (unpaired) electrons. The molecule has 3 aliphatic heterocycles. The lowest BCUT2D eigenvalue weighted by atomic mass is 9.91. The summed E-state index contributed by atoms with van der Waals surface area (Å²) < 4.78 is 5.68. The second-order valence-electron chi connectivity index (χ2n) is 9.30. The number of amides is 2. The molecule has 2 aromatic rings. The van der Waals surface area contributed by atoms with Gasteiger partial charge in [0.25, 0.3) is 0 Å². The molecule has 2 amide bonds. The molecule has 7 nitrogen and oxygen atoms in total. The van der Waals surface area contributed by atoms with E-state index in [0.717, 1.165) is 16.8 Å². The summed E-state index contributed by atoms with van der Waals surface area (Å²) in [6, 6.07) is 20.2. The Morgan fingerprint density at radius 3 is 2.41 bits per heavy atom. The average molecular weight is 461 g/mol. The molecule has 2 aromatic carbocycles.